The fourth-order valence-corrected chi connectivity index (χ4v) is 5.58. The summed E-state index contributed by atoms with van der Waals surface area (Å²) in [4.78, 5) is 17.6. The average Bonchev–Trinajstić information content (AvgIpc) is 3.02. The van der Waals surface area contributed by atoms with E-state index in [9.17, 15) is 13.2 Å². The quantitative estimate of drug-likeness (QED) is 0.585. The van der Waals surface area contributed by atoms with Crippen molar-refractivity contribution in [1.82, 2.24) is 19.1 Å². The maximum atomic E-state index is 13.2. The molecule has 1 N–H and O–H groups in total. The van der Waals surface area contributed by atoms with E-state index in [1.807, 2.05) is 13.8 Å². The zero-order valence-corrected chi connectivity index (χ0v) is 19.9. The van der Waals surface area contributed by atoms with Crippen molar-refractivity contribution in [3.8, 4) is 5.75 Å². The number of benzene rings is 1. The molecule has 0 bridgehead atoms. The summed E-state index contributed by atoms with van der Waals surface area (Å²) in [6.07, 6.45) is 6.99. The second-order valence-corrected chi connectivity index (χ2v) is 10.4. The number of carbonyl (C=O) groups excluding carboxylic acids is 1. The molecular formula is C23H29N5O4S. The SMILES string of the molecule is COc1ccc(S(=O)(=O)N2CCCCCC2)cc1C(=O)Nc1cnc2c(cnn2C(C)C)c1. The molecule has 0 unspecified atom stereocenters. The van der Waals surface area contributed by atoms with Gasteiger partial charge in [0.2, 0.25) is 10.0 Å². The lowest BCUT2D eigenvalue weighted by Crippen LogP contribution is -2.32. The van der Waals surface area contributed by atoms with Crippen LogP contribution in [0, 0.1) is 0 Å². The molecule has 10 heteroatoms. The molecule has 0 spiro atoms. The van der Waals surface area contributed by atoms with Crippen LogP contribution in [-0.4, -0.2) is 53.6 Å². The third-order valence-corrected chi connectivity index (χ3v) is 7.69. The summed E-state index contributed by atoms with van der Waals surface area (Å²) in [6.45, 7) is 5.02. The number of pyridine rings is 1. The van der Waals surface area contributed by atoms with Gasteiger partial charge >= 0.3 is 0 Å². The summed E-state index contributed by atoms with van der Waals surface area (Å²) in [5.41, 5.74) is 1.36. The van der Waals surface area contributed by atoms with E-state index >= 15 is 0 Å². The number of hydrogen-bond acceptors (Lipinski definition) is 6. The molecular weight excluding hydrogens is 442 g/mol. The highest BCUT2D eigenvalue weighted by Gasteiger charge is 2.27. The molecule has 1 amide bonds. The first kappa shape index (κ1) is 23.2. The van der Waals surface area contributed by atoms with Gasteiger partial charge in [0.15, 0.2) is 5.65 Å². The van der Waals surface area contributed by atoms with Gasteiger partial charge in [-0.15, -0.1) is 0 Å². The number of aromatic nitrogens is 3. The van der Waals surface area contributed by atoms with Crippen molar-refractivity contribution < 1.29 is 17.9 Å². The Morgan fingerprint density at radius 2 is 1.82 bits per heavy atom. The van der Waals surface area contributed by atoms with Crippen LogP contribution in [0.25, 0.3) is 11.0 Å². The number of rotatable bonds is 6. The van der Waals surface area contributed by atoms with Crippen LogP contribution in [0.2, 0.25) is 0 Å². The summed E-state index contributed by atoms with van der Waals surface area (Å²) < 4.78 is 35.1. The highest BCUT2D eigenvalue weighted by Crippen LogP contribution is 2.27. The number of nitrogens with zero attached hydrogens (tertiary/aromatic N) is 4. The van der Waals surface area contributed by atoms with E-state index < -0.39 is 15.9 Å². The molecule has 33 heavy (non-hydrogen) atoms. The van der Waals surface area contributed by atoms with Crippen LogP contribution in [0.3, 0.4) is 0 Å². The fourth-order valence-electron chi connectivity index (χ4n) is 4.04. The first-order valence-corrected chi connectivity index (χ1v) is 12.6. The lowest BCUT2D eigenvalue weighted by atomic mass is 10.2. The van der Waals surface area contributed by atoms with Crippen molar-refractivity contribution in [2.45, 2.75) is 50.5 Å². The Labute approximate surface area is 193 Å². The van der Waals surface area contributed by atoms with Crippen molar-refractivity contribution in [1.29, 1.82) is 0 Å². The molecule has 0 atom stereocenters. The fraction of sp³-hybridized carbons (Fsp3) is 0.435. The Hall–Kier alpha value is -2.98. The molecule has 4 rings (SSSR count). The number of amides is 1. The topological polar surface area (TPSA) is 106 Å². The number of hydrogen-bond donors (Lipinski definition) is 1. The number of anilines is 1. The van der Waals surface area contributed by atoms with E-state index in [-0.39, 0.29) is 16.5 Å². The van der Waals surface area contributed by atoms with Gasteiger partial charge in [-0.1, -0.05) is 12.8 Å². The van der Waals surface area contributed by atoms with Crippen LogP contribution < -0.4 is 10.1 Å². The minimum atomic E-state index is -3.70. The van der Waals surface area contributed by atoms with Crippen LogP contribution in [0.1, 0.15) is 55.9 Å². The summed E-state index contributed by atoms with van der Waals surface area (Å²) in [5, 5.41) is 7.94. The minimum Gasteiger partial charge on any atom is -0.496 e. The molecule has 176 valence electrons. The Balaban J connectivity index is 1.62. The third-order valence-electron chi connectivity index (χ3n) is 5.80. The van der Waals surface area contributed by atoms with Gasteiger partial charge in [-0.25, -0.2) is 18.1 Å². The number of methoxy groups -OCH3 is 1. The lowest BCUT2D eigenvalue weighted by Gasteiger charge is -2.20. The molecule has 1 aliphatic heterocycles. The predicted octanol–water partition coefficient (Wildman–Crippen LogP) is 3.84. The van der Waals surface area contributed by atoms with E-state index in [1.165, 1.54) is 29.6 Å². The van der Waals surface area contributed by atoms with Crippen LogP contribution in [0.4, 0.5) is 5.69 Å². The van der Waals surface area contributed by atoms with E-state index in [0.717, 1.165) is 36.7 Å². The smallest absolute Gasteiger partial charge is 0.259 e. The van der Waals surface area contributed by atoms with Gasteiger partial charge < -0.3 is 10.1 Å². The van der Waals surface area contributed by atoms with Crippen LogP contribution in [-0.2, 0) is 10.0 Å². The first-order valence-electron chi connectivity index (χ1n) is 11.1. The van der Waals surface area contributed by atoms with Gasteiger partial charge in [-0.3, -0.25) is 4.79 Å². The van der Waals surface area contributed by atoms with Crippen molar-refractivity contribution in [2.24, 2.45) is 0 Å². The summed E-state index contributed by atoms with van der Waals surface area (Å²) in [7, 11) is -2.25. The number of nitrogens with one attached hydrogen (secondary N) is 1. The Kier molecular flexibility index (Phi) is 6.66. The van der Waals surface area contributed by atoms with Crippen LogP contribution in [0.15, 0.2) is 41.6 Å². The number of ether oxygens (including phenoxy) is 1. The molecule has 3 heterocycles. The lowest BCUT2D eigenvalue weighted by molar-refractivity contribution is 0.102. The highest BCUT2D eigenvalue weighted by atomic mass is 32.2. The number of sulfonamides is 1. The first-order chi connectivity index (χ1) is 15.8. The van der Waals surface area contributed by atoms with Gasteiger partial charge in [0.05, 0.1) is 35.6 Å². The zero-order valence-electron chi connectivity index (χ0n) is 19.1. The standard InChI is InChI=1S/C23H29N5O4S/c1-16(2)28-22-17(14-25-28)12-18(15-24-22)26-23(29)20-13-19(8-9-21(20)32-3)33(30,31)27-10-6-4-5-7-11-27/h8-9,12-16H,4-7,10-11H2,1-3H3,(H,26,29). The third kappa shape index (κ3) is 4.72. The molecule has 1 saturated heterocycles. The van der Waals surface area contributed by atoms with Gasteiger partial charge in [-0.05, 0) is 51.0 Å². The van der Waals surface area contributed by atoms with E-state index in [0.29, 0.717) is 24.5 Å². The Morgan fingerprint density at radius 3 is 2.48 bits per heavy atom. The monoisotopic (exact) mass is 471 g/mol. The number of carbonyl (C=O) groups is 1. The zero-order chi connectivity index (χ0) is 23.6. The normalized spacial score (nSPS) is 15.5. The molecule has 1 aromatic carbocycles. The Morgan fingerprint density at radius 1 is 1.09 bits per heavy atom. The summed E-state index contributed by atoms with van der Waals surface area (Å²) >= 11 is 0. The molecule has 0 saturated carbocycles. The minimum absolute atomic E-state index is 0.0853. The van der Waals surface area contributed by atoms with Crippen molar-refractivity contribution in [3.05, 3.63) is 42.2 Å². The van der Waals surface area contributed by atoms with E-state index in [2.05, 4.69) is 15.4 Å². The molecule has 1 aliphatic rings. The van der Waals surface area contributed by atoms with Gasteiger partial charge in [-0.2, -0.15) is 9.40 Å². The van der Waals surface area contributed by atoms with Crippen LogP contribution >= 0.6 is 0 Å². The molecule has 3 aromatic rings. The molecule has 0 radical (unpaired) electrons. The summed E-state index contributed by atoms with van der Waals surface area (Å²) in [6, 6.07) is 6.35. The van der Waals surface area contributed by atoms with Gasteiger partial charge in [0.1, 0.15) is 5.75 Å². The van der Waals surface area contributed by atoms with Crippen molar-refractivity contribution >= 4 is 32.7 Å². The second-order valence-electron chi connectivity index (χ2n) is 8.45. The maximum absolute atomic E-state index is 13.2. The van der Waals surface area contributed by atoms with E-state index in [4.69, 9.17) is 4.74 Å². The largest absolute Gasteiger partial charge is 0.496 e. The van der Waals surface area contributed by atoms with Gasteiger partial charge in [0, 0.05) is 24.5 Å². The van der Waals surface area contributed by atoms with E-state index in [1.54, 1.807) is 23.1 Å². The highest BCUT2D eigenvalue weighted by molar-refractivity contribution is 7.89. The molecule has 0 aliphatic carbocycles. The molecule has 1 fully saturated rings. The average molecular weight is 472 g/mol. The van der Waals surface area contributed by atoms with Crippen LogP contribution in [0.5, 0.6) is 5.75 Å². The summed E-state index contributed by atoms with van der Waals surface area (Å²) in [5.74, 6) is -0.179. The molecule has 2 aromatic heterocycles. The predicted molar refractivity (Wildman–Crippen MR) is 126 cm³/mol. The number of fused-ring (bicyclic) bond motifs is 1. The maximum Gasteiger partial charge on any atom is 0.259 e. The van der Waals surface area contributed by atoms with Crippen molar-refractivity contribution in [3.63, 3.8) is 0 Å². The van der Waals surface area contributed by atoms with Gasteiger partial charge in [0.25, 0.3) is 5.91 Å². The molecule has 9 nitrogen and oxygen atoms in total. The Bertz CT molecular complexity index is 1260. The second kappa shape index (κ2) is 9.48. The van der Waals surface area contributed by atoms with Crippen molar-refractivity contribution in [2.75, 3.05) is 25.5 Å².